The van der Waals surface area contributed by atoms with E-state index in [4.69, 9.17) is 4.52 Å². The Balaban J connectivity index is 2.40. The van der Waals surface area contributed by atoms with E-state index in [0.717, 1.165) is 5.56 Å². The van der Waals surface area contributed by atoms with Gasteiger partial charge in [0.15, 0.2) is 0 Å². The summed E-state index contributed by atoms with van der Waals surface area (Å²) < 4.78 is 5.11. The van der Waals surface area contributed by atoms with Gasteiger partial charge in [0.05, 0.1) is 10.8 Å². The molecule has 0 saturated carbocycles. The Morgan fingerprint density at radius 1 is 1.48 bits per heavy atom. The Bertz CT molecular complexity index is 693. The normalized spacial score (nSPS) is 12.1. The number of hydrogen-bond donors (Lipinski definition) is 0. The van der Waals surface area contributed by atoms with Crippen molar-refractivity contribution in [2.24, 2.45) is 0 Å². The molecule has 2 aromatic rings. The van der Waals surface area contributed by atoms with Gasteiger partial charge in [-0.1, -0.05) is 18.1 Å². The van der Waals surface area contributed by atoms with Crippen LogP contribution in [0.1, 0.15) is 37.6 Å². The molecule has 7 heteroatoms. The highest BCUT2D eigenvalue weighted by molar-refractivity contribution is 5.84. The van der Waals surface area contributed by atoms with Crippen molar-refractivity contribution in [2.75, 3.05) is 0 Å². The third kappa shape index (κ3) is 2.96. The molecule has 0 bridgehead atoms. The van der Waals surface area contributed by atoms with Crippen LogP contribution in [0.2, 0.25) is 0 Å². The summed E-state index contributed by atoms with van der Waals surface area (Å²) in [6.45, 7) is 5.26. The van der Waals surface area contributed by atoms with Crippen LogP contribution in [0.15, 0.2) is 22.7 Å². The molecule has 0 aliphatic heterocycles. The lowest BCUT2D eigenvalue weighted by molar-refractivity contribution is -0.384. The van der Waals surface area contributed by atoms with Gasteiger partial charge >= 0.3 is 0 Å². The van der Waals surface area contributed by atoms with Gasteiger partial charge in [0.2, 0.25) is 11.7 Å². The van der Waals surface area contributed by atoms with E-state index in [9.17, 15) is 14.9 Å². The van der Waals surface area contributed by atoms with Crippen molar-refractivity contribution < 1.29 is 14.2 Å². The highest BCUT2D eigenvalue weighted by atomic mass is 16.6. The van der Waals surface area contributed by atoms with Gasteiger partial charge in [-0.25, -0.2) is 0 Å². The second kappa shape index (κ2) is 5.82. The average molecular weight is 289 g/mol. The van der Waals surface area contributed by atoms with Crippen molar-refractivity contribution in [3.05, 3.63) is 39.8 Å². The summed E-state index contributed by atoms with van der Waals surface area (Å²) in [5.41, 5.74) is 1.28. The predicted molar refractivity (Wildman–Crippen MR) is 74.8 cm³/mol. The molecule has 1 unspecified atom stereocenters. The lowest BCUT2D eigenvalue weighted by Gasteiger charge is -2.02. The minimum atomic E-state index is -0.479. The zero-order valence-electron chi connectivity index (χ0n) is 12.0. The lowest BCUT2D eigenvalue weighted by atomic mass is 10.0. The number of nitro benzene ring substituents is 1. The Morgan fingerprint density at radius 3 is 2.81 bits per heavy atom. The molecular formula is C14H15N3O4. The highest BCUT2D eigenvalue weighted by Crippen LogP contribution is 2.27. The largest absolute Gasteiger partial charge is 0.338 e. The van der Waals surface area contributed by atoms with Gasteiger partial charge in [-0.15, -0.1) is 0 Å². The molecule has 1 atom stereocenters. The molecule has 1 aromatic heterocycles. The van der Waals surface area contributed by atoms with Crippen LogP contribution in [0.25, 0.3) is 11.4 Å². The van der Waals surface area contributed by atoms with Crippen molar-refractivity contribution >= 4 is 11.5 Å². The van der Waals surface area contributed by atoms with Crippen molar-refractivity contribution in [1.29, 1.82) is 0 Å². The van der Waals surface area contributed by atoms with E-state index in [1.165, 1.54) is 12.1 Å². The maximum atomic E-state index is 11.7. The smallest absolute Gasteiger partial charge is 0.270 e. The molecule has 0 spiro atoms. The molecule has 21 heavy (non-hydrogen) atoms. The number of carbonyl (C=O) groups is 1. The molecule has 7 nitrogen and oxygen atoms in total. The van der Waals surface area contributed by atoms with Crippen LogP contribution >= 0.6 is 0 Å². The van der Waals surface area contributed by atoms with E-state index < -0.39 is 10.8 Å². The number of hydrogen-bond acceptors (Lipinski definition) is 6. The molecule has 1 aromatic carbocycles. The van der Waals surface area contributed by atoms with E-state index in [1.807, 2.05) is 0 Å². The van der Waals surface area contributed by atoms with Crippen LogP contribution < -0.4 is 0 Å². The Kier molecular flexibility index (Phi) is 4.11. The van der Waals surface area contributed by atoms with Gasteiger partial charge in [0.25, 0.3) is 5.69 Å². The summed E-state index contributed by atoms with van der Waals surface area (Å²) in [6.07, 6.45) is 0.384. The SMILES string of the molecule is CCC(=O)C(C)c1nc(-c2cc([N+](=O)[O-])ccc2C)no1. The Morgan fingerprint density at radius 2 is 2.19 bits per heavy atom. The Hall–Kier alpha value is -2.57. The second-order valence-electron chi connectivity index (χ2n) is 4.75. The van der Waals surface area contributed by atoms with Crippen molar-refractivity contribution in [3.8, 4) is 11.4 Å². The van der Waals surface area contributed by atoms with Crippen LogP contribution in [0.5, 0.6) is 0 Å². The summed E-state index contributed by atoms with van der Waals surface area (Å²) >= 11 is 0. The first kappa shape index (κ1) is 14.8. The first-order chi connectivity index (χ1) is 9.93. The number of rotatable bonds is 5. The molecule has 0 aliphatic carbocycles. The van der Waals surface area contributed by atoms with E-state index in [1.54, 1.807) is 26.8 Å². The van der Waals surface area contributed by atoms with Crippen molar-refractivity contribution in [1.82, 2.24) is 10.1 Å². The van der Waals surface area contributed by atoms with Gasteiger partial charge in [-0.2, -0.15) is 4.98 Å². The minimum Gasteiger partial charge on any atom is -0.338 e. The van der Waals surface area contributed by atoms with E-state index in [2.05, 4.69) is 10.1 Å². The van der Waals surface area contributed by atoms with Gasteiger partial charge in [-0.05, 0) is 19.4 Å². The minimum absolute atomic E-state index is 0.000893. The van der Waals surface area contributed by atoms with Gasteiger partial charge in [0.1, 0.15) is 5.78 Å². The maximum Gasteiger partial charge on any atom is 0.270 e. The number of aromatic nitrogens is 2. The van der Waals surface area contributed by atoms with E-state index in [0.29, 0.717) is 12.0 Å². The number of aryl methyl sites for hydroxylation is 1. The summed E-state index contributed by atoms with van der Waals surface area (Å²) in [7, 11) is 0. The first-order valence-corrected chi connectivity index (χ1v) is 6.55. The molecule has 110 valence electrons. The summed E-state index contributed by atoms with van der Waals surface area (Å²) in [5.74, 6) is 0.000859. The van der Waals surface area contributed by atoms with Crippen LogP contribution in [0.4, 0.5) is 5.69 Å². The fourth-order valence-corrected chi connectivity index (χ4v) is 1.93. The molecule has 0 amide bonds. The third-order valence-corrected chi connectivity index (χ3v) is 3.32. The summed E-state index contributed by atoms with van der Waals surface area (Å²) in [5, 5.41) is 14.7. The average Bonchev–Trinajstić information content (AvgIpc) is 2.95. The lowest BCUT2D eigenvalue weighted by Crippen LogP contribution is -2.07. The number of non-ortho nitro benzene ring substituents is 1. The van der Waals surface area contributed by atoms with E-state index in [-0.39, 0.29) is 23.2 Å². The number of Topliss-reactive ketones (excluding diaryl/α,β-unsaturated/α-hetero) is 1. The fraction of sp³-hybridized carbons (Fsp3) is 0.357. The summed E-state index contributed by atoms with van der Waals surface area (Å²) in [6, 6.07) is 4.45. The highest BCUT2D eigenvalue weighted by Gasteiger charge is 2.22. The van der Waals surface area contributed by atoms with Crippen LogP contribution in [0, 0.1) is 17.0 Å². The molecule has 0 fully saturated rings. The van der Waals surface area contributed by atoms with Crippen molar-refractivity contribution in [2.45, 2.75) is 33.1 Å². The molecule has 1 heterocycles. The fourth-order valence-electron chi connectivity index (χ4n) is 1.93. The monoisotopic (exact) mass is 289 g/mol. The second-order valence-corrected chi connectivity index (χ2v) is 4.75. The van der Waals surface area contributed by atoms with Crippen LogP contribution in [-0.2, 0) is 4.79 Å². The van der Waals surface area contributed by atoms with E-state index >= 15 is 0 Å². The van der Waals surface area contributed by atoms with Crippen LogP contribution in [-0.4, -0.2) is 20.8 Å². The maximum absolute atomic E-state index is 11.7. The van der Waals surface area contributed by atoms with Crippen LogP contribution in [0.3, 0.4) is 0 Å². The molecule has 0 N–H and O–H groups in total. The number of carbonyl (C=O) groups excluding carboxylic acids is 1. The predicted octanol–water partition coefficient (Wildman–Crippen LogP) is 3.04. The Labute approximate surface area is 121 Å². The number of nitro groups is 1. The molecule has 0 saturated heterocycles. The first-order valence-electron chi connectivity index (χ1n) is 6.55. The van der Waals surface area contributed by atoms with Gasteiger partial charge in [0, 0.05) is 24.1 Å². The summed E-state index contributed by atoms with van der Waals surface area (Å²) in [4.78, 5) is 26.2. The topological polar surface area (TPSA) is 99.1 Å². The number of benzene rings is 1. The quantitative estimate of drug-likeness (QED) is 0.619. The number of ketones is 1. The zero-order valence-corrected chi connectivity index (χ0v) is 12.0. The molecule has 2 rings (SSSR count). The standard InChI is InChI=1S/C14H15N3O4/c1-4-12(18)9(3)14-15-13(16-21-14)11-7-10(17(19)20)6-5-8(11)2/h5-7,9H,4H2,1-3H3. The molecule has 0 aliphatic rings. The van der Waals surface area contributed by atoms with Gasteiger partial charge in [-0.3, -0.25) is 14.9 Å². The van der Waals surface area contributed by atoms with Gasteiger partial charge < -0.3 is 4.52 Å². The molecule has 0 radical (unpaired) electrons. The molecular weight excluding hydrogens is 274 g/mol. The zero-order chi connectivity index (χ0) is 15.6. The third-order valence-electron chi connectivity index (χ3n) is 3.32. The number of nitrogens with zero attached hydrogens (tertiary/aromatic N) is 3. The van der Waals surface area contributed by atoms with Crippen molar-refractivity contribution in [3.63, 3.8) is 0 Å².